The lowest BCUT2D eigenvalue weighted by Crippen LogP contribution is -2.31. The van der Waals surface area contributed by atoms with Crippen LogP contribution in [0, 0.1) is 0 Å². The third-order valence-electron chi connectivity index (χ3n) is 5.41. The molecule has 0 amide bonds. The van der Waals surface area contributed by atoms with Crippen LogP contribution in [0.4, 0.5) is 0 Å². The molecular formula is C27H28O5. The summed E-state index contributed by atoms with van der Waals surface area (Å²) in [6.45, 7) is 8.14. The van der Waals surface area contributed by atoms with Crippen LogP contribution < -0.4 is 14.2 Å². The molecule has 0 unspecified atom stereocenters. The maximum absolute atomic E-state index is 12.0. The van der Waals surface area contributed by atoms with Gasteiger partial charge in [0, 0.05) is 18.6 Å². The lowest BCUT2D eigenvalue weighted by molar-refractivity contribution is 0.0684. The zero-order chi connectivity index (χ0) is 22.9. The minimum absolute atomic E-state index is 0.0158. The van der Waals surface area contributed by atoms with Crippen LogP contribution in [0.1, 0.15) is 49.2 Å². The summed E-state index contributed by atoms with van der Waals surface area (Å²) in [5.74, 6) is 2.41. The van der Waals surface area contributed by atoms with Gasteiger partial charge in [-0.1, -0.05) is 36.4 Å². The summed E-state index contributed by atoms with van der Waals surface area (Å²) in [7, 11) is 0. The van der Waals surface area contributed by atoms with E-state index >= 15 is 0 Å². The van der Waals surface area contributed by atoms with Crippen molar-refractivity contribution in [2.45, 2.75) is 51.9 Å². The molecule has 1 N–H and O–H groups in total. The summed E-state index contributed by atoms with van der Waals surface area (Å²) in [4.78, 5) is 12.0. The molecule has 5 rings (SSSR count). The monoisotopic (exact) mass is 432 g/mol. The lowest BCUT2D eigenvalue weighted by Gasteiger charge is -2.16. The number of rotatable bonds is 3. The Morgan fingerprint density at radius 3 is 2.41 bits per heavy atom. The second-order valence-corrected chi connectivity index (χ2v) is 9.20. The van der Waals surface area contributed by atoms with Gasteiger partial charge in [0.2, 0.25) is 5.78 Å². The van der Waals surface area contributed by atoms with Gasteiger partial charge in [-0.05, 0) is 57.0 Å². The molecule has 0 aromatic heterocycles. The van der Waals surface area contributed by atoms with E-state index in [1.54, 1.807) is 38.1 Å². The predicted octanol–water partition coefficient (Wildman–Crippen LogP) is 5.73. The van der Waals surface area contributed by atoms with Crippen molar-refractivity contribution in [1.82, 2.24) is 0 Å². The quantitative estimate of drug-likeness (QED) is 0.573. The van der Waals surface area contributed by atoms with Gasteiger partial charge >= 0.3 is 0 Å². The summed E-state index contributed by atoms with van der Waals surface area (Å²) in [6, 6.07) is 20.6. The number of benzene rings is 3. The van der Waals surface area contributed by atoms with Gasteiger partial charge in [-0.15, -0.1) is 0 Å². The zero-order valence-electron chi connectivity index (χ0n) is 18.8. The average Bonchev–Trinajstić information content (AvgIpc) is 3.17. The molecule has 3 aromatic rings. The van der Waals surface area contributed by atoms with Crippen LogP contribution in [0.15, 0.2) is 66.7 Å². The van der Waals surface area contributed by atoms with Crippen LogP contribution in [-0.4, -0.2) is 22.1 Å². The van der Waals surface area contributed by atoms with Gasteiger partial charge in [0.05, 0.1) is 5.56 Å². The molecule has 166 valence electrons. The highest BCUT2D eigenvalue weighted by molar-refractivity contribution is 6.07. The van der Waals surface area contributed by atoms with E-state index in [2.05, 4.69) is 0 Å². The van der Waals surface area contributed by atoms with E-state index in [4.69, 9.17) is 14.2 Å². The molecule has 5 nitrogen and oxygen atoms in total. The predicted molar refractivity (Wildman–Crippen MR) is 123 cm³/mol. The van der Waals surface area contributed by atoms with Gasteiger partial charge in [0.25, 0.3) is 0 Å². The van der Waals surface area contributed by atoms with E-state index in [9.17, 15) is 9.90 Å². The molecule has 0 saturated heterocycles. The molecule has 2 aliphatic rings. The molecule has 0 aliphatic carbocycles. The summed E-state index contributed by atoms with van der Waals surface area (Å²) < 4.78 is 17.0. The van der Waals surface area contributed by atoms with Crippen molar-refractivity contribution >= 4 is 5.78 Å². The molecule has 2 aliphatic heterocycles. The summed E-state index contributed by atoms with van der Waals surface area (Å²) in [5.41, 5.74) is 2.02. The highest BCUT2D eigenvalue weighted by atomic mass is 16.5. The highest BCUT2D eigenvalue weighted by Gasteiger charge is 2.39. The van der Waals surface area contributed by atoms with Gasteiger partial charge in [-0.25, -0.2) is 0 Å². The van der Waals surface area contributed by atoms with E-state index in [-0.39, 0.29) is 17.1 Å². The van der Waals surface area contributed by atoms with Crippen molar-refractivity contribution in [2.75, 3.05) is 0 Å². The third-order valence-corrected chi connectivity index (χ3v) is 5.41. The topological polar surface area (TPSA) is 65.0 Å². The van der Waals surface area contributed by atoms with Crippen LogP contribution in [0.25, 0.3) is 0 Å². The Morgan fingerprint density at radius 1 is 0.906 bits per heavy atom. The number of phenols is 1. The van der Waals surface area contributed by atoms with Crippen molar-refractivity contribution in [3.8, 4) is 23.0 Å². The minimum atomic E-state index is -0.777. The molecule has 0 fully saturated rings. The van der Waals surface area contributed by atoms with Crippen molar-refractivity contribution in [2.24, 2.45) is 0 Å². The van der Waals surface area contributed by atoms with Crippen LogP contribution in [0.3, 0.4) is 0 Å². The fourth-order valence-corrected chi connectivity index (χ4v) is 3.83. The number of carbonyl (C=O) groups is 1. The fourth-order valence-electron chi connectivity index (χ4n) is 3.83. The minimum Gasteiger partial charge on any atom is -0.508 e. The normalized spacial score (nSPS) is 16.7. The Kier molecular flexibility index (Phi) is 5.59. The largest absolute Gasteiger partial charge is 0.508 e. The first-order valence-corrected chi connectivity index (χ1v) is 10.7. The number of carbonyl (C=O) groups excluding carboxylic acids is 1. The van der Waals surface area contributed by atoms with Crippen molar-refractivity contribution < 1.29 is 24.1 Å². The van der Waals surface area contributed by atoms with Crippen LogP contribution in [0.5, 0.6) is 23.0 Å². The molecule has 0 bridgehead atoms. The van der Waals surface area contributed by atoms with Gasteiger partial charge in [-0.3, -0.25) is 4.79 Å². The summed E-state index contributed by atoms with van der Waals surface area (Å²) in [6.07, 6.45) is 0.919. The van der Waals surface area contributed by atoms with Crippen LogP contribution in [0.2, 0.25) is 0 Å². The highest BCUT2D eigenvalue weighted by Crippen LogP contribution is 2.38. The molecule has 0 atom stereocenters. The first-order valence-electron chi connectivity index (χ1n) is 10.7. The molecule has 2 heterocycles. The molecule has 0 saturated carbocycles. The van der Waals surface area contributed by atoms with E-state index in [1.165, 1.54) is 5.56 Å². The number of hydrogen-bond donors (Lipinski definition) is 1. The average molecular weight is 433 g/mol. The van der Waals surface area contributed by atoms with Gasteiger partial charge in [-0.2, -0.15) is 0 Å². The maximum atomic E-state index is 12.0. The molecule has 3 aromatic carbocycles. The van der Waals surface area contributed by atoms with Crippen molar-refractivity contribution in [3.05, 3.63) is 83.4 Å². The number of fused-ring (bicyclic) bond motifs is 2. The Balaban J connectivity index is 0.000000174. The Hall–Kier alpha value is -3.47. The summed E-state index contributed by atoms with van der Waals surface area (Å²) >= 11 is 0. The number of hydrogen-bond acceptors (Lipinski definition) is 5. The van der Waals surface area contributed by atoms with Crippen LogP contribution in [-0.2, 0) is 13.0 Å². The van der Waals surface area contributed by atoms with Crippen LogP contribution >= 0.6 is 0 Å². The van der Waals surface area contributed by atoms with Crippen molar-refractivity contribution in [3.63, 3.8) is 0 Å². The number of phenolic OH excluding ortho intramolecular Hbond substituents is 1. The van der Waals surface area contributed by atoms with Gasteiger partial charge < -0.3 is 19.3 Å². The van der Waals surface area contributed by atoms with E-state index < -0.39 is 5.60 Å². The molecule has 32 heavy (non-hydrogen) atoms. The number of ether oxygens (including phenoxy) is 3. The van der Waals surface area contributed by atoms with Gasteiger partial charge in [0.15, 0.2) is 5.60 Å². The second kappa shape index (κ2) is 8.23. The fraction of sp³-hybridized carbons (Fsp3) is 0.296. The number of ketones is 1. The Labute approximate surface area is 188 Å². The number of Topliss-reactive ketones (excluding diaryl/α,β-unsaturated/α-hetero) is 1. The molecule has 0 spiro atoms. The molecular weight excluding hydrogens is 404 g/mol. The standard InChI is InChI=1S/C17H16O3.C10H12O2/c1-17(2)16(18)14-9-8-13(10-15(14)20-17)19-11-12-6-4-3-5-7-12;1-10(2)6-7-3-4-8(11)5-9(7)12-10/h3-10H,11H2,1-2H3;3-5,11H,6H2,1-2H3. The molecule has 5 heteroatoms. The first kappa shape index (κ1) is 21.8. The van der Waals surface area contributed by atoms with Gasteiger partial charge in [0.1, 0.15) is 35.2 Å². The lowest BCUT2D eigenvalue weighted by atomic mass is 10.00. The zero-order valence-corrected chi connectivity index (χ0v) is 18.8. The van der Waals surface area contributed by atoms with Crippen molar-refractivity contribution in [1.29, 1.82) is 0 Å². The second-order valence-electron chi connectivity index (χ2n) is 9.20. The maximum Gasteiger partial charge on any atom is 0.209 e. The Bertz CT molecular complexity index is 1130. The third kappa shape index (κ3) is 4.72. The van der Waals surface area contributed by atoms with E-state index in [0.29, 0.717) is 23.7 Å². The van der Waals surface area contributed by atoms with E-state index in [1.807, 2.05) is 56.3 Å². The molecule has 0 radical (unpaired) electrons. The van der Waals surface area contributed by atoms with E-state index in [0.717, 1.165) is 17.7 Å². The summed E-state index contributed by atoms with van der Waals surface area (Å²) in [5, 5.41) is 9.19. The Morgan fingerprint density at radius 2 is 1.66 bits per heavy atom. The first-order chi connectivity index (χ1) is 15.1. The SMILES string of the molecule is CC1(C)Cc2ccc(O)cc2O1.CC1(C)Oc2cc(OCc3ccccc3)ccc2C1=O. The number of aromatic hydroxyl groups is 1. The smallest absolute Gasteiger partial charge is 0.209 e.